The van der Waals surface area contributed by atoms with Crippen LogP contribution in [0.4, 0.5) is 0 Å². The van der Waals surface area contributed by atoms with Gasteiger partial charge in [0.25, 0.3) is 0 Å². The highest BCUT2D eigenvalue weighted by Gasteiger charge is 2.72. The number of carbonyl (C=O) groups is 2. The number of aliphatic hydroxyl groups is 2. The first-order chi connectivity index (χ1) is 16.9. The van der Waals surface area contributed by atoms with Crippen molar-refractivity contribution >= 4 is 11.8 Å². The summed E-state index contributed by atoms with van der Waals surface area (Å²) in [6.45, 7) is 14.7. The summed E-state index contributed by atoms with van der Waals surface area (Å²) in [6.07, 6.45) is 2.65. The number of esters is 1. The normalized spacial score (nSPS) is 47.5. The van der Waals surface area contributed by atoms with Crippen LogP contribution < -0.4 is 5.32 Å². The molecule has 0 spiro atoms. The molecule has 4 rings (SSSR count). The van der Waals surface area contributed by atoms with Crippen LogP contribution in [0.2, 0.25) is 0 Å². The van der Waals surface area contributed by atoms with E-state index in [1.807, 2.05) is 27.7 Å². The Labute approximate surface area is 215 Å². The number of methoxy groups -OCH3 is 1. The van der Waals surface area contributed by atoms with E-state index in [9.17, 15) is 19.8 Å². The van der Waals surface area contributed by atoms with Crippen LogP contribution >= 0.6 is 0 Å². The average Bonchev–Trinajstić information content (AvgIpc) is 3.19. The van der Waals surface area contributed by atoms with Crippen LogP contribution in [0.3, 0.4) is 0 Å². The Kier molecular flexibility index (Phi) is 7.52. The van der Waals surface area contributed by atoms with Crippen LogP contribution in [0.1, 0.15) is 59.8 Å². The third kappa shape index (κ3) is 4.08. The average molecular weight is 507 g/mol. The fourth-order valence-corrected chi connectivity index (χ4v) is 8.29. The van der Waals surface area contributed by atoms with E-state index in [1.54, 1.807) is 13.2 Å². The van der Waals surface area contributed by atoms with Gasteiger partial charge in [-0.05, 0) is 43.9 Å². The maximum Gasteiger partial charge on any atom is 0.320 e. The van der Waals surface area contributed by atoms with E-state index < -0.39 is 40.0 Å². The molecule has 9 atom stereocenters. The second kappa shape index (κ2) is 9.77. The third-order valence-corrected chi connectivity index (χ3v) is 10.9. The van der Waals surface area contributed by atoms with Crippen molar-refractivity contribution in [3.63, 3.8) is 0 Å². The van der Waals surface area contributed by atoms with Gasteiger partial charge >= 0.3 is 5.97 Å². The van der Waals surface area contributed by atoms with Crippen molar-refractivity contribution in [3.8, 4) is 0 Å². The Morgan fingerprint density at radius 2 is 1.97 bits per heavy atom. The first-order valence-corrected chi connectivity index (χ1v) is 13.6. The summed E-state index contributed by atoms with van der Waals surface area (Å²) >= 11 is 0. The smallest absolute Gasteiger partial charge is 0.320 e. The summed E-state index contributed by atoms with van der Waals surface area (Å²) in [7, 11) is 1.66. The molecule has 204 valence electrons. The van der Waals surface area contributed by atoms with Gasteiger partial charge in [0.15, 0.2) is 0 Å². The van der Waals surface area contributed by atoms with Crippen molar-refractivity contribution < 1.29 is 29.3 Å². The van der Waals surface area contributed by atoms with E-state index in [2.05, 4.69) is 16.8 Å². The highest BCUT2D eigenvalue weighted by molar-refractivity contribution is 5.86. The molecule has 8 heteroatoms. The molecule has 1 heterocycles. The molecular formula is C28H46N2O6. The second-order valence-electron chi connectivity index (χ2n) is 12.6. The minimum absolute atomic E-state index is 0.0812. The molecule has 9 unspecified atom stereocenters. The van der Waals surface area contributed by atoms with E-state index in [0.717, 1.165) is 19.6 Å². The predicted octanol–water partition coefficient (Wildman–Crippen LogP) is 1.93. The fraction of sp³-hybridized carbons (Fsp3) is 0.857. The summed E-state index contributed by atoms with van der Waals surface area (Å²) in [5.74, 6) is -0.860. The van der Waals surface area contributed by atoms with Gasteiger partial charge in [0.2, 0.25) is 0 Å². The van der Waals surface area contributed by atoms with Crippen molar-refractivity contribution in [2.24, 2.45) is 28.1 Å². The third-order valence-electron chi connectivity index (χ3n) is 10.9. The molecular weight excluding hydrogens is 460 g/mol. The van der Waals surface area contributed by atoms with E-state index >= 15 is 0 Å². The summed E-state index contributed by atoms with van der Waals surface area (Å²) < 4.78 is 11.7. The lowest BCUT2D eigenvalue weighted by molar-refractivity contribution is -0.253. The van der Waals surface area contributed by atoms with Gasteiger partial charge in [0, 0.05) is 56.0 Å². The molecule has 3 saturated carbocycles. The van der Waals surface area contributed by atoms with E-state index in [0.29, 0.717) is 32.3 Å². The maximum absolute atomic E-state index is 13.5. The molecule has 2 bridgehead atoms. The van der Waals surface area contributed by atoms with Crippen molar-refractivity contribution in [3.05, 3.63) is 12.7 Å². The Morgan fingerprint density at radius 3 is 2.64 bits per heavy atom. The zero-order valence-electron chi connectivity index (χ0n) is 22.7. The standard InChI is InChI=1S/C28H46N2O6/c1-7-25(3)14-21(32)27(5)23-20(31)8-9-28(23,18(2)24(25)34)11-10-26(27,4)36-22(33)16-30-13-12-29-15-19(30)17-35-6/h7,18-19,21,23-24,29,32,34H,1,8-17H2,2-6H3. The zero-order valence-corrected chi connectivity index (χ0v) is 22.7. The molecule has 4 aliphatic rings. The second-order valence-corrected chi connectivity index (χ2v) is 12.6. The van der Waals surface area contributed by atoms with Crippen LogP contribution in [0, 0.1) is 28.1 Å². The van der Waals surface area contributed by atoms with Crippen LogP contribution in [-0.4, -0.2) is 90.6 Å². The molecule has 0 amide bonds. The quantitative estimate of drug-likeness (QED) is 0.371. The number of piperazine rings is 1. The van der Waals surface area contributed by atoms with Crippen molar-refractivity contribution in [2.45, 2.75) is 83.6 Å². The van der Waals surface area contributed by atoms with Crippen LogP contribution in [0.25, 0.3) is 0 Å². The van der Waals surface area contributed by atoms with Crippen molar-refractivity contribution in [1.82, 2.24) is 10.2 Å². The predicted molar refractivity (Wildman–Crippen MR) is 136 cm³/mol. The van der Waals surface area contributed by atoms with Crippen molar-refractivity contribution in [2.75, 3.05) is 39.9 Å². The topological polar surface area (TPSA) is 108 Å². The largest absolute Gasteiger partial charge is 0.458 e. The Hall–Kier alpha value is -1.32. The van der Waals surface area contributed by atoms with Crippen molar-refractivity contribution in [1.29, 1.82) is 0 Å². The Bertz CT molecular complexity index is 880. The maximum atomic E-state index is 13.5. The number of ether oxygens (including phenoxy) is 2. The molecule has 3 N–H and O–H groups in total. The van der Waals surface area contributed by atoms with Gasteiger partial charge in [-0.2, -0.15) is 0 Å². The van der Waals surface area contributed by atoms with Gasteiger partial charge in [0.1, 0.15) is 11.4 Å². The minimum Gasteiger partial charge on any atom is -0.458 e. The van der Waals surface area contributed by atoms with Gasteiger partial charge < -0.3 is 25.0 Å². The van der Waals surface area contributed by atoms with Gasteiger partial charge in [0.05, 0.1) is 25.4 Å². The van der Waals surface area contributed by atoms with Crippen LogP contribution in [0.5, 0.6) is 0 Å². The molecule has 4 fully saturated rings. The van der Waals surface area contributed by atoms with E-state index in [1.165, 1.54) is 0 Å². The summed E-state index contributed by atoms with van der Waals surface area (Å²) in [5, 5.41) is 26.7. The number of aliphatic hydroxyl groups excluding tert-OH is 2. The number of hydrogen-bond acceptors (Lipinski definition) is 8. The molecule has 36 heavy (non-hydrogen) atoms. The highest BCUT2D eigenvalue weighted by Crippen LogP contribution is 2.69. The first-order valence-electron chi connectivity index (χ1n) is 13.6. The molecule has 1 saturated heterocycles. The molecule has 0 radical (unpaired) electrons. The highest BCUT2D eigenvalue weighted by atomic mass is 16.6. The number of hydrogen-bond donors (Lipinski definition) is 3. The Balaban J connectivity index is 1.68. The number of rotatable bonds is 6. The molecule has 3 aliphatic carbocycles. The lowest BCUT2D eigenvalue weighted by Crippen LogP contribution is -2.69. The van der Waals surface area contributed by atoms with Crippen LogP contribution in [-0.2, 0) is 19.1 Å². The number of carbonyl (C=O) groups excluding carboxylic acids is 2. The number of nitrogens with zero attached hydrogens (tertiary/aromatic N) is 1. The summed E-state index contributed by atoms with van der Waals surface area (Å²) in [5.41, 5.74) is -3.17. The summed E-state index contributed by atoms with van der Waals surface area (Å²) in [4.78, 5) is 29.0. The minimum atomic E-state index is -1.02. The fourth-order valence-electron chi connectivity index (χ4n) is 8.29. The zero-order chi connectivity index (χ0) is 26.5. The monoisotopic (exact) mass is 506 g/mol. The molecule has 0 aromatic heterocycles. The number of ketones is 1. The van der Waals surface area contributed by atoms with Gasteiger partial charge in [-0.15, -0.1) is 6.58 Å². The van der Waals surface area contributed by atoms with Gasteiger partial charge in [-0.25, -0.2) is 0 Å². The molecule has 8 nitrogen and oxygen atoms in total. The molecule has 0 aromatic rings. The SMILES string of the molecule is C=CC1(C)CC(O)C2(C)C3C(=O)CCC3(CCC2(C)OC(=O)CN2CCNCC2COC)C(C)C1O. The molecule has 1 aliphatic heterocycles. The van der Waals surface area contributed by atoms with Crippen LogP contribution in [0.15, 0.2) is 12.7 Å². The Morgan fingerprint density at radius 1 is 1.25 bits per heavy atom. The number of Topliss-reactive ketones (excluding diaryl/α,β-unsaturated/α-hetero) is 1. The lowest BCUT2D eigenvalue weighted by atomic mass is 9.42. The van der Waals surface area contributed by atoms with Gasteiger partial charge in [-0.3, -0.25) is 14.5 Å². The van der Waals surface area contributed by atoms with E-state index in [4.69, 9.17) is 9.47 Å². The summed E-state index contributed by atoms with van der Waals surface area (Å²) in [6, 6.07) is 0.0812. The first kappa shape index (κ1) is 27.7. The van der Waals surface area contributed by atoms with Gasteiger partial charge in [-0.1, -0.05) is 26.8 Å². The lowest BCUT2D eigenvalue weighted by Gasteiger charge is -2.64. The number of nitrogens with one attached hydrogen (secondary N) is 1. The van der Waals surface area contributed by atoms with E-state index in [-0.39, 0.29) is 36.7 Å². The molecule has 0 aromatic carbocycles.